The highest BCUT2D eigenvalue weighted by Gasteiger charge is 2.10. The van der Waals surface area contributed by atoms with Crippen LogP contribution in [0.2, 0.25) is 10.0 Å². The first-order valence-corrected chi connectivity index (χ1v) is 5.01. The van der Waals surface area contributed by atoms with Crippen molar-refractivity contribution in [3.05, 3.63) is 40.4 Å². The van der Waals surface area contributed by atoms with E-state index >= 15 is 0 Å². The SMILES string of the molecule is C=CC(C)c1cc(Cl)c(OC)c(Cl)c1. The molecule has 0 aliphatic heterocycles. The van der Waals surface area contributed by atoms with Crippen molar-refractivity contribution in [3.63, 3.8) is 0 Å². The molecular formula is C11H12Cl2O. The molecule has 0 fully saturated rings. The first kappa shape index (κ1) is 11.4. The van der Waals surface area contributed by atoms with Crippen LogP contribution in [0, 0.1) is 0 Å². The largest absolute Gasteiger partial charge is 0.494 e. The van der Waals surface area contributed by atoms with Gasteiger partial charge in [-0.2, -0.15) is 0 Å². The van der Waals surface area contributed by atoms with Crippen LogP contribution in [0.3, 0.4) is 0 Å². The Morgan fingerprint density at radius 1 is 1.36 bits per heavy atom. The van der Waals surface area contributed by atoms with Crippen molar-refractivity contribution in [3.8, 4) is 5.75 Å². The second kappa shape index (κ2) is 4.72. The average molecular weight is 231 g/mol. The highest BCUT2D eigenvalue weighted by Crippen LogP contribution is 2.35. The predicted molar refractivity (Wildman–Crippen MR) is 61.6 cm³/mol. The minimum absolute atomic E-state index is 0.232. The van der Waals surface area contributed by atoms with Crippen LogP contribution in [0.1, 0.15) is 18.4 Å². The van der Waals surface area contributed by atoms with Crippen molar-refractivity contribution in [2.45, 2.75) is 12.8 Å². The van der Waals surface area contributed by atoms with Crippen LogP contribution < -0.4 is 4.74 Å². The fourth-order valence-corrected chi connectivity index (χ4v) is 1.83. The zero-order chi connectivity index (χ0) is 10.7. The van der Waals surface area contributed by atoms with E-state index in [1.807, 2.05) is 25.1 Å². The zero-order valence-corrected chi connectivity index (χ0v) is 9.69. The van der Waals surface area contributed by atoms with Gasteiger partial charge in [0, 0.05) is 0 Å². The third-order valence-electron chi connectivity index (χ3n) is 2.10. The maximum atomic E-state index is 5.99. The summed E-state index contributed by atoms with van der Waals surface area (Å²) >= 11 is 12.0. The number of methoxy groups -OCH3 is 1. The molecule has 0 saturated carbocycles. The zero-order valence-electron chi connectivity index (χ0n) is 8.18. The number of halogens is 2. The van der Waals surface area contributed by atoms with E-state index in [-0.39, 0.29) is 5.92 Å². The molecule has 0 saturated heterocycles. The molecule has 0 heterocycles. The average Bonchev–Trinajstić information content (AvgIpc) is 2.16. The fourth-order valence-electron chi connectivity index (χ4n) is 1.17. The molecule has 1 atom stereocenters. The van der Waals surface area contributed by atoms with Crippen LogP contribution in [0.15, 0.2) is 24.8 Å². The quantitative estimate of drug-likeness (QED) is 0.705. The summed E-state index contributed by atoms with van der Waals surface area (Å²) in [6, 6.07) is 3.69. The van der Waals surface area contributed by atoms with Crippen molar-refractivity contribution in [2.75, 3.05) is 7.11 Å². The highest BCUT2D eigenvalue weighted by molar-refractivity contribution is 6.37. The summed E-state index contributed by atoms with van der Waals surface area (Å²) in [7, 11) is 1.55. The monoisotopic (exact) mass is 230 g/mol. The molecule has 0 aliphatic carbocycles. The Hall–Kier alpha value is -0.660. The van der Waals surface area contributed by atoms with E-state index in [0.717, 1.165) is 5.56 Å². The molecular weight excluding hydrogens is 219 g/mol. The predicted octanol–water partition coefficient (Wildman–Crippen LogP) is 4.29. The molecule has 0 spiro atoms. The smallest absolute Gasteiger partial charge is 0.156 e. The van der Waals surface area contributed by atoms with Gasteiger partial charge in [-0.3, -0.25) is 0 Å². The standard InChI is InChI=1S/C11H12Cl2O/c1-4-7(2)8-5-9(12)11(14-3)10(13)6-8/h4-7H,1H2,2-3H3. The van der Waals surface area contributed by atoms with Gasteiger partial charge in [-0.05, 0) is 23.6 Å². The maximum absolute atomic E-state index is 5.99. The van der Waals surface area contributed by atoms with E-state index in [4.69, 9.17) is 27.9 Å². The van der Waals surface area contributed by atoms with E-state index in [0.29, 0.717) is 15.8 Å². The van der Waals surface area contributed by atoms with Gasteiger partial charge in [-0.25, -0.2) is 0 Å². The molecule has 0 bridgehead atoms. The Morgan fingerprint density at radius 2 is 1.86 bits per heavy atom. The lowest BCUT2D eigenvalue weighted by Gasteiger charge is -2.11. The van der Waals surface area contributed by atoms with Gasteiger partial charge in [0.15, 0.2) is 5.75 Å². The summed E-state index contributed by atoms with van der Waals surface area (Å²) < 4.78 is 5.05. The van der Waals surface area contributed by atoms with Crippen molar-refractivity contribution in [1.82, 2.24) is 0 Å². The lowest BCUT2D eigenvalue weighted by atomic mass is 10.0. The van der Waals surface area contributed by atoms with Gasteiger partial charge in [0.2, 0.25) is 0 Å². The van der Waals surface area contributed by atoms with Gasteiger partial charge in [0.1, 0.15) is 0 Å². The van der Waals surface area contributed by atoms with Gasteiger partial charge < -0.3 is 4.74 Å². The maximum Gasteiger partial charge on any atom is 0.156 e. The van der Waals surface area contributed by atoms with Crippen molar-refractivity contribution < 1.29 is 4.74 Å². The first-order chi connectivity index (χ1) is 6.60. The number of hydrogen-bond acceptors (Lipinski definition) is 1. The van der Waals surface area contributed by atoms with Gasteiger partial charge in [-0.15, -0.1) is 6.58 Å². The Kier molecular flexibility index (Phi) is 3.85. The van der Waals surface area contributed by atoms with Crippen LogP contribution in [0.5, 0.6) is 5.75 Å². The molecule has 3 heteroatoms. The molecule has 1 aromatic rings. The summed E-state index contributed by atoms with van der Waals surface area (Å²) in [6.07, 6.45) is 1.84. The summed E-state index contributed by atoms with van der Waals surface area (Å²) in [6.45, 7) is 5.75. The van der Waals surface area contributed by atoms with E-state index < -0.39 is 0 Å². The molecule has 0 N–H and O–H groups in total. The molecule has 14 heavy (non-hydrogen) atoms. The number of rotatable bonds is 3. The Bertz CT molecular complexity index is 324. The lowest BCUT2D eigenvalue weighted by molar-refractivity contribution is 0.415. The molecule has 1 nitrogen and oxygen atoms in total. The van der Waals surface area contributed by atoms with Crippen molar-refractivity contribution in [1.29, 1.82) is 0 Å². The molecule has 1 rings (SSSR count). The number of ether oxygens (including phenoxy) is 1. The molecule has 0 aliphatic rings. The number of allylic oxidation sites excluding steroid dienone is 1. The Balaban J connectivity index is 3.20. The third-order valence-corrected chi connectivity index (χ3v) is 2.67. The van der Waals surface area contributed by atoms with Gasteiger partial charge in [0.05, 0.1) is 17.2 Å². The van der Waals surface area contributed by atoms with Gasteiger partial charge in [0.25, 0.3) is 0 Å². The molecule has 0 aromatic heterocycles. The van der Waals surface area contributed by atoms with E-state index in [2.05, 4.69) is 6.58 Å². The molecule has 1 unspecified atom stereocenters. The van der Waals surface area contributed by atoms with E-state index in [1.165, 1.54) is 0 Å². The minimum Gasteiger partial charge on any atom is -0.494 e. The summed E-state index contributed by atoms with van der Waals surface area (Å²) in [5, 5.41) is 1.06. The normalized spacial score (nSPS) is 12.3. The Labute approximate surface area is 94.3 Å². The van der Waals surface area contributed by atoms with Gasteiger partial charge in [-0.1, -0.05) is 36.2 Å². The Morgan fingerprint density at radius 3 is 2.21 bits per heavy atom. The second-order valence-corrected chi connectivity index (χ2v) is 3.86. The number of benzene rings is 1. The number of hydrogen-bond donors (Lipinski definition) is 0. The van der Waals surface area contributed by atoms with E-state index in [1.54, 1.807) is 7.11 Å². The molecule has 1 aromatic carbocycles. The molecule has 0 radical (unpaired) electrons. The van der Waals surface area contributed by atoms with Crippen LogP contribution in [-0.4, -0.2) is 7.11 Å². The summed E-state index contributed by atoms with van der Waals surface area (Å²) in [5.74, 6) is 0.754. The lowest BCUT2D eigenvalue weighted by Crippen LogP contribution is -1.92. The van der Waals surface area contributed by atoms with Crippen molar-refractivity contribution >= 4 is 23.2 Å². The van der Waals surface area contributed by atoms with Gasteiger partial charge >= 0.3 is 0 Å². The minimum atomic E-state index is 0.232. The molecule has 0 amide bonds. The fraction of sp³-hybridized carbons (Fsp3) is 0.273. The summed E-state index contributed by atoms with van der Waals surface area (Å²) in [4.78, 5) is 0. The van der Waals surface area contributed by atoms with Crippen LogP contribution in [0.25, 0.3) is 0 Å². The topological polar surface area (TPSA) is 9.23 Å². The summed E-state index contributed by atoms with van der Waals surface area (Å²) in [5.41, 5.74) is 1.04. The third kappa shape index (κ3) is 2.23. The van der Waals surface area contributed by atoms with Crippen molar-refractivity contribution in [2.24, 2.45) is 0 Å². The van der Waals surface area contributed by atoms with E-state index in [9.17, 15) is 0 Å². The highest BCUT2D eigenvalue weighted by atomic mass is 35.5. The second-order valence-electron chi connectivity index (χ2n) is 3.04. The first-order valence-electron chi connectivity index (χ1n) is 4.25. The van der Waals surface area contributed by atoms with Crippen LogP contribution >= 0.6 is 23.2 Å². The van der Waals surface area contributed by atoms with Crippen LogP contribution in [0.4, 0.5) is 0 Å². The molecule has 76 valence electrons. The van der Waals surface area contributed by atoms with Crippen LogP contribution in [-0.2, 0) is 0 Å².